The summed E-state index contributed by atoms with van der Waals surface area (Å²) in [6, 6.07) is 1.98. The van der Waals surface area contributed by atoms with Crippen molar-refractivity contribution in [3.63, 3.8) is 0 Å². The molecule has 2 aromatic heterocycles. The third kappa shape index (κ3) is 2.27. The topological polar surface area (TPSA) is 68.8 Å². The normalized spacial score (nSPS) is 12.9. The zero-order valence-corrected chi connectivity index (χ0v) is 9.41. The molecule has 2 aromatic rings. The second-order valence-corrected chi connectivity index (χ2v) is 3.78. The summed E-state index contributed by atoms with van der Waals surface area (Å²) in [5.41, 5.74) is 1.75. The first-order valence-corrected chi connectivity index (χ1v) is 5.22. The Balaban J connectivity index is 1.97. The number of rotatable bonds is 4. The van der Waals surface area contributed by atoms with Crippen LogP contribution >= 0.6 is 0 Å². The van der Waals surface area contributed by atoms with Gasteiger partial charge in [-0.15, -0.1) is 5.10 Å². The molecule has 0 radical (unpaired) electrons. The molecule has 1 unspecified atom stereocenters. The summed E-state index contributed by atoms with van der Waals surface area (Å²) in [5, 5.41) is 21.2. The van der Waals surface area contributed by atoms with E-state index in [0.29, 0.717) is 5.69 Å². The van der Waals surface area contributed by atoms with E-state index in [1.165, 1.54) is 0 Å². The molecule has 0 aromatic carbocycles. The second kappa shape index (κ2) is 4.44. The maximum absolute atomic E-state index is 9.30. The predicted octanol–water partition coefficient (Wildman–Crippen LogP) is 0.308. The quantitative estimate of drug-likeness (QED) is 0.806. The lowest BCUT2D eigenvalue weighted by Gasteiger charge is -2.01. The highest BCUT2D eigenvalue weighted by Gasteiger charge is 2.06. The van der Waals surface area contributed by atoms with E-state index in [2.05, 4.69) is 15.4 Å². The predicted molar refractivity (Wildman–Crippen MR) is 57.6 cm³/mol. The minimum absolute atomic E-state index is 0.564. The largest absolute Gasteiger partial charge is 0.387 e. The number of aryl methyl sites for hydroxylation is 3. The molecule has 0 fully saturated rings. The van der Waals surface area contributed by atoms with Crippen LogP contribution in [0.5, 0.6) is 0 Å². The molecule has 2 heterocycles. The molecule has 86 valence electrons. The molecule has 2 rings (SSSR count). The van der Waals surface area contributed by atoms with E-state index in [-0.39, 0.29) is 0 Å². The molecule has 0 saturated carbocycles. The van der Waals surface area contributed by atoms with Crippen LogP contribution in [-0.2, 0) is 20.0 Å². The first kappa shape index (κ1) is 10.8. The molecule has 0 aliphatic heterocycles. The van der Waals surface area contributed by atoms with Crippen molar-refractivity contribution in [2.45, 2.75) is 26.0 Å². The van der Waals surface area contributed by atoms with Crippen molar-refractivity contribution < 1.29 is 5.11 Å². The van der Waals surface area contributed by atoms with Crippen LogP contribution < -0.4 is 0 Å². The van der Waals surface area contributed by atoms with E-state index in [9.17, 15) is 5.11 Å². The summed E-state index contributed by atoms with van der Waals surface area (Å²) >= 11 is 0. The van der Waals surface area contributed by atoms with E-state index in [4.69, 9.17) is 0 Å². The molecule has 0 spiro atoms. The van der Waals surface area contributed by atoms with Gasteiger partial charge in [-0.1, -0.05) is 5.21 Å². The lowest BCUT2D eigenvalue weighted by molar-refractivity contribution is 0.194. The zero-order valence-electron chi connectivity index (χ0n) is 9.41. The third-order valence-electron chi connectivity index (χ3n) is 2.50. The standard InChI is InChI=1S/C10H15N5O/c1-8(16)10-7-15(13-12-10)6-4-9-3-5-11-14(9)2/h3,5,7-8,16H,4,6H2,1-2H3. The fraction of sp³-hybridized carbons (Fsp3) is 0.500. The minimum Gasteiger partial charge on any atom is -0.387 e. The van der Waals surface area contributed by atoms with Crippen LogP contribution in [-0.4, -0.2) is 29.9 Å². The van der Waals surface area contributed by atoms with Gasteiger partial charge in [0.1, 0.15) is 5.69 Å². The van der Waals surface area contributed by atoms with Crippen LogP contribution in [0.3, 0.4) is 0 Å². The van der Waals surface area contributed by atoms with Crippen molar-refractivity contribution in [2.75, 3.05) is 0 Å². The van der Waals surface area contributed by atoms with Crippen molar-refractivity contribution in [1.82, 2.24) is 24.8 Å². The van der Waals surface area contributed by atoms with Crippen molar-refractivity contribution in [3.8, 4) is 0 Å². The summed E-state index contributed by atoms with van der Waals surface area (Å²) in [4.78, 5) is 0. The Morgan fingerprint density at radius 3 is 2.88 bits per heavy atom. The summed E-state index contributed by atoms with van der Waals surface area (Å²) in [6.45, 7) is 2.41. The Labute approximate surface area is 93.5 Å². The minimum atomic E-state index is -0.564. The highest BCUT2D eigenvalue weighted by Crippen LogP contribution is 2.07. The van der Waals surface area contributed by atoms with Crippen LogP contribution in [0.4, 0.5) is 0 Å². The summed E-state index contributed by atoms with van der Waals surface area (Å²) in [5.74, 6) is 0. The Bertz CT molecular complexity index is 459. The molecule has 6 nitrogen and oxygen atoms in total. The third-order valence-corrected chi connectivity index (χ3v) is 2.50. The Kier molecular flexibility index (Phi) is 3.00. The molecule has 0 amide bonds. The van der Waals surface area contributed by atoms with Gasteiger partial charge in [0.15, 0.2) is 0 Å². The fourth-order valence-electron chi connectivity index (χ4n) is 1.49. The summed E-state index contributed by atoms with van der Waals surface area (Å²) < 4.78 is 3.57. The number of aliphatic hydroxyl groups excluding tert-OH is 1. The van der Waals surface area contributed by atoms with Gasteiger partial charge in [-0.25, -0.2) is 0 Å². The van der Waals surface area contributed by atoms with Crippen LogP contribution in [0, 0.1) is 0 Å². The maximum atomic E-state index is 9.30. The lowest BCUT2D eigenvalue weighted by atomic mass is 10.3. The first-order valence-electron chi connectivity index (χ1n) is 5.22. The van der Waals surface area contributed by atoms with Crippen molar-refractivity contribution in [3.05, 3.63) is 29.8 Å². The van der Waals surface area contributed by atoms with E-state index in [1.54, 1.807) is 24.0 Å². The number of nitrogens with zero attached hydrogens (tertiary/aromatic N) is 5. The smallest absolute Gasteiger partial charge is 0.111 e. The highest BCUT2D eigenvalue weighted by molar-refractivity contribution is 5.00. The summed E-state index contributed by atoms with van der Waals surface area (Å²) in [7, 11) is 1.91. The molecular weight excluding hydrogens is 206 g/mol. The van der Waals surface area contributed by atoms with Gasteiger partial charge >= 0.3 is 0 Å². The number of aliphatic hydroxyl groups is 1. The molecule has 1 N–H and O–H groups in total. The van der Waals surface area contributed by atoms with Crippen molar-refractivity contribution in [2.24, 2.45) is 7.05 Å². The van der Waals surface area contributed by atoms with Gasteiger partial charge in [0.2, 0.25) is 0 Å². The lowest BCUT2D eigenvalue weighted by Crippen LogP contribution is -2.06. The van der Waals surface area contributed by atoms with E-state index in [1.807, 2.05) is 17.8 Å². The van der Waals surface area contributed by atoms with Crippen LogP contribution in [0.2, 0.25) is 0 Å². The Morgan fingerprint density at radius 1 is 1.50 bits per heavy atom. The van der Waals surface area contributed by atoms with Gasteiger partial charge in [0.25, 0.3) is 0 Å². The highest BCUT2D eigenvalue weighted by atomic mass is 16.3. The number of hydrogen-bond donors (Lipinski definition) is 1. The van der Waals surface area contributed by atoms with Crippen LogP contribution in [0.25, 0.3) is 0 Å². The molecule has 0 aliphatic rings. The van der Waals surface area contributed by atoms with Gasteiger partial charge in [0, 0.05) is 31.9 Å². The molecule has 0 saturated heterocycles. The average Bonchev–Trinajstić information content (AvgIpc) is 2.83. The number of aromatic nitrogens is 5. The first-order chi connectivity index (χ1) is 7.66. The van der Waals surface area contributed by atoms with Crippen LogP contribution in [0.15, 0.2) is 18.5 Å². The molecule has 6 heteroatoms. The summed E-state index contributed by atoms with van der Waals surface area (Å²) in [6.07, 6.45) is 3.82. The number of hydrogen-bond acceptors (Lipinski definition) is 4. The van der Waals surface area contributed by atoms with Crippen molar-refractivity contribution in [1.29, 1.82) is 0 Å². The van der Waals surface area contributed by atoms with E-state index in [0.717, 1.165) is 18.7 Å². The zero-order chi connectivity index (χ0) is 11.5. The molecule has 0 bridgehead atoms. The molecule has 1 atom stereocenters. The van der Waals surface area contributed by atoms with E-state index >= 15 is 0 Å². The Morgan fingerprint density at radius 2 is 2.31 bits per heavy atom. The van der Waals surface area contributed by atoms with Crippen LogP contribution in [0.1, 0.15) is 24.4 Å². The molecule has 16 heavy (non-hydrogen) atoms. The molecular formula is C10H15N5O. The Hall–Kier alpha value is -1.69. The van der Waals surface area contributed by atoms with Gasteiger partial charge < -0.3 is 5.11 Å². The second-order valence-electron chi connectivity index (χ2n) is 3.78. The van der Waals surface area contributed by atoms with Crippen molar-refractivity contribution >= 4 is 0 Å². The monoisotopic (exact) mass is 221 g/mol. The SMILES string of the molecule is CC(O)c1cn(CCc2ccnn2C)nn1. The maximum Gasteiger partial charge on any atom is 0.111 e. The molecule has 0 aliphatic carbocycles. The van der Waals surface area contributed by atoms with Gasteiger partial charge in [-0.3, -0.25) is 9.36 Å². The fourth-order valence-corrected chi connectivity index (χ4v) is 1.49. The van der Waals surface area contributed by atoms with E-state index < -0.39 is 6.10 Å². The van der Waals surface area contributed by atoms with Gasteiger partial charge in [-0.2, -0.15) is 5.10 Å². The van der Waals surface area contributed by atoms with Gasteiger partial charge in [-0.05, 0) is 13.0 Å². The average molecular weight is 221 g/mol. The van der Waals surface area contributed by atoms with Gasteiger partial charge in [0.05, 0.1) is 12.3 Å².